The lowest BCUT2D eigenvalue weighted by Gasteiger charge is -2.12. The Morgan fingerprint density at radius 2 is 1.31 bits per heavy atom. The first-order chi connectivity index (χ1) is 19.0. The van der Waals surface area contributed by atoms with Gasteiger partial charge in [-0.1, -0.05) is 60.7 Å². The maximum absolute atomic E-state index is 10.3. The van der Waals surface area contributed by atoms with E-state index in [-0.39, 0.29) is 0 Å². The fraction of sp³-hybridized carbons (Fsp3) is 0.111. The van der Waals surface area contributed by atoms with Gasteiger partial charge in [0.1, 0.15) is 18.2 Å². The molecular formula is C36H27N2O+. The molecule has 5 aromatic carbocycles. The summed E-state index contributed by atoms with van der Waals surface area (Å²) >= 11 is 0. The van der Waals surface area contributed by atoms with Gasteiger partial charge in [0.15, 0.2) is 6.20 Å². The summed E-state index contributed by atoms with van der Waals surface area (Å²) in [6, 6.07) is 32.1. The van der Waals surface area contributed by atoms with Crippen molar-refractivity contribution in [2.75, 3.05) is 0 Å². The number of nitriles is 1. The van der Waals surface area contributed by atoms with Crippen LogP contribution in [0.25, 0.3) is 65.9 Å². The number of pyridine rings is 1. The minimum atomic E-state index is 0.608. The Balaban J connectivity index is 1.64. The summed E-state index contributed by atoms with van der Waals surface area (Å²) < 4.78 is 9.04. The lowest BCUT2D eigenvalue weighted by molar-refractivity contribution is -0.660. The van der Waals surface area contributed by atoms with Crippen molar-refractivity contribution >= 4 is 43.5 Å². The second-order valence-electron chi connectivity index (χ2n) is 10.5. The highest BCUT2D eigenvalue weighted by molar-refractivity contribution is 6.19. The third-order valence-corrected chi connectivity index (χ3v) is 8.17. The molecule has 0 atom stereocenters. The summed E-state index contributed by atoms with van der Waals surface area (Å²) in [6.45, 7) is 6.42. The summed E-state index contributed by atoms with van der Waals surface area (Å²) in [6.07, 6.45) is 2.17. The standard InChI is InChI=1S/C36H27N2O/c1-21-13-15-29-30-16-14-25(19-37)34(31-18-24-9-5-6-10-26(24)27-11-7-8-12-28(27)31)36(30)39-35(29)33(21)32-17-22(2)23(3)20-38(32)4/h5-18,20H,1-4H3/q+1. The molecule has 0 saturated carbocycles. The molecular weight excluding hydrogens is 476 g/mol. The molecule has 186 valence electrons. The van der Waals surface area contributed by atoms with Gasteiger partial charge in [0, 0.05) is 28.0 Å². The lowest BCUT2D eigenvalue weighted by atomic mass is 9.90. The van der Waals surface area contributed by atoms with E-state index in [0.29, 0.717) is 5.56 Å². The zero-order valence-electron chi connectivity index (χ0n) is 22.5. The second-order valence-corrected chi connectivity index (χ2v) is 10.5. The maximum atomic E-state index is 10.3. The molecule has 0 aliphatic carbocycles. The smallest absolute Gasteiger partial charge is 0.216 e. The van der Waals surface area contributed by atoms with Gasteiger partial charge < -0.3 is 4.42 Å². The van der Waals surface area contributed by atoms with Gasteiger partial charge in [-0.3, -0.25) is 0 Å². The Labute approximate surface area is 227 Å². The normalized spacial score (nSPS) is 11.6. The summed E-state index contributed by atoms with van der Waals surface area (Å²) in [4.78, 5) is 0. The number of hydrogen-bond acceptors (Lipinski definition) is 2. The molecule has 3 heteroatoms. The van der Waals surface area contributed by atoms with E-state index in [2.05, 4.69) is 117 Å². The van der Waals surface area contributed by atoms with Gasteiger partial charge in [0.2, 0.25) is 5.69 Å². The Bertz CT molecular complexity index is 2180. The van der Waals surface area contributed by atoms with Crippen LogP contribution < -0.4 is 4.57 Å². The number of aromatic nitrogens is 1. The van der Waals surface area contributed by atoms with Crippen LogP contribution in [0.2, 0.25) is 0 Å². The molecule has 0 fully saturated rings. The van der Waals surface area contributed by atoms with E-state index in [1.54, 1.807) is 0 Å². The fourth-order valence-electron chi connectivity index (χ4n) is 6.07. The maximum Gasteiger partial charge on any atom is 0.216 e. The molecule has 0 bridgehead atoms. The quantitative estimate of drug-likeness (QED) is 0.175. The van der Waals surface area contributed by atoms with E-state index in [1.165, 1.54) is 21.9 Å². The molecule has 0 unspecified atom stereocenters. The van der Waals surface area contributed by atoms with Crippen molar-refractivity contribution in [1.82, 2.24) is 0 Å². The molecule has 0 amide bonds. The van der Waals surface area contributed by atoms with Crippen LogP contribution >= 0.6 is 0 Å². The van der Waals surface area contributed by atoms with Gasteiger partial charge in [-0.15, -0.1) is 0 Å². The average Bonchev–Trinajstić information content (AvgIpc) is 3.33. The van der Waals surface area contributed by atoms with Crippen LogP contribution in [0.4, 0.5) is 0 Å². The Hall–Kier alpha value is -4.94. The van der Waals surface area contributed by atoms with E-state index >= 15 is 0 Å². The van der Waals surface area contributed by atoms with Gasteiger partial charge in [0.25, 0.3) is 0 Å². The minimum Gasteiger partial charge on any atom is -0.454 e. The van der Waals surface area contributed by atoms with Crippen LogP contribution in [0, 0.1) is 32.1 Å². The van der Waals surface area contributed by atoms with Crippen molar-refractivity contribution in [3.8, 4) is 28.5 Å². The van der Waals surface area contributed by atoms with Crippen LogP contribution in [0.5, 0.6) is 0 Å². The predicted octanol–water partition coefficient (Wildman–Crippen LogP) is 8.85. The van der Waals surface area contributed by atoms with Gasteiger partial charge in [-0.25, -0.2) is 4.57 Å². The van der Waals surface area contributed by atoms with Crippen molar-refractivity contribution in [1.29, 1.82) is 5.26 Å². The van der Waals surface area contributed by atoms with Crippen LogP contribution in [0.15, 0.2) is 95.5 Å². The van der Waals surface area contributed by atoms with Gasteiger partial charge >= 0.3 is 0 Å². The first kappa shape index (κ1) is 23.2. The third kappa shape index (κ3) is 3.39. The first-order valence-corrected chi connectivity index (χ1v) is 13.2. The highest BCUT2D eigenvalue weighted by Gasteiger charge is 2.24. The molecule has 39 heavy (non-hydrogen) atoms. The second kappa shape index (κ2) is 8.55. The number of rotatable bonds is 2. The van der Waals surface area contributed by atoms with Gasteiger partial charge in [0.05, 0.1) is 17.2 Å². The monoisotopic (exact) mass is 503 g/mol. The molecule has 0 saturated heterocycles. The average molecular weight is 504 g/mol. The molecule has 7 rings (SSSR count). The zero-order chi connectivity index (χ0) is 26.8. The van der Waals surface area contributed by atoms with E-state index in [4.69, 9.17) is 4.42 Å². The third-order valence-electron chi connectivity index (χ3n) is 8.17. The van der Waals surface area contributed by atoms with Crippen molar-refractivity contribution in [3.05, 3.63) is 113 Å². The number of benzene rings is 5. The summed E-state index contributed by atoms with van der Waals surface area (Å²) in [7, 11) is 2.09. The summed E-state index contributed by atoms with van der Waals surface area (Å²) in [5, 5.41) is 17.0. The predicted molar refractivity (Wildman–Crippen MR) is 160 cm³/mol. The lowest BCUT2D eigenvalue weighted by Crippen LogP contribution is -2.31. The van der Waals surface area contributed by atoms with Crippen LogP contribution in [0.3, 0.4) is 0 Å². The number of furan rings is 1. The van der Waals surface area contributed by atoms with Crippen LogP contribution in [0.1, 0.15) is 22.3 Å². The molecule has 0 aliphatic rings. The van der Waals surface area contributed by atoms with E-state index in [0.717, 1.165) is 60.7 Å². The molecule has 2 aromatic heterocycles. The van der Waals surface area contributed by atoms with E-state index in [1.807, 2.05) is 12.1 Å². The fourth-order valence-corrected chi connectivity index (χ4v) is 6.07. The minimum absolute atomic E-state index is 0.608. The molecule has 0 aliphatic heterocycles. The molecule has 0 spiro atoms. The van der Waals surface area contributed by atoms with E-state index < -0.39 is 0 Å². The Morgan fingerprint density at radius 3 is 2.08 bits per heavy atom. The highest BCUT2D eigenvalue weighted by Crippen LogP contribution is 2.44. The largest absolute Gasteiger partial charge is 0.454 e. The number of aryl methyl sites for hydroxylation is 4. The van der Waals surface area contributed by atoms with Gasteiger partial charge in [-0.05, 0) is 77.2 Å². The van der Waals surface area contributed by atoms with Gasteiger partial charge in [-0.2, -0.15) is 5.26 Å². The van der Waals surface area contributed by atoms with Crippen LogP contribution in [-0.4, -0.2) is 0 Å². The topological polar surface area (TPSA) is 40.8 Å². The van der Waals surface area contributed by atoms with Crippen molar-refractivity contribution in [2.45, 2.75) is 20.8 Å². The molecule has 3 nitrogen and oxygen atoms in total. The Kier molecular flexibility index (Phi) is 5.08. The zero-order valence-corrected chi connectivity index (χ0v) is 22.5. The number of fused-ring (bicyclic) bond motifs is 6. The number of hydrogen-bond donors (Lipinski definition) is 0. The summed E-state index contributed by atoms with van der Waals surface area (Å²) in [5.74, 6) is 0. The highest BCUT2D eigenvalue weighted by atomic mass is 16.3. The summed E-state index contributed by atoms with van der Waals surface area (Å²) in [5.41, 5.74) is 9.91. The first-order valence-electron chi connectivity index (χ1n) is 13.2. The van der Waals surface area contributed by atoms with Crippen LogP contribution in [-0.2, 0) is 7.05 Å². The molecule has 7 aromatic rings. The molecule has 0 radical (unpaired) electrons. The SMILES string of the molecule is Cc1cc(-c2c(C)ccc3c2oc2c(-c4cc5ccccc5c5ccccc45)c(C#N)ccc23)[n+](C)cc1C. The van der Waals surface area contributed by atoms with Crippen molar-refractivity contribution in [2.24, 2.45) is 7.05 Å². The van der Waals surface area contributed by atoms with Crippen molar-refractivity contribution < 1.29 is 8.98 Å². The van der Waals surface area contributed by atoms with Crippen molar-refractivity contribution in [3.63, 3.8) is 0 Å². The van der Waals surface area contributed by atoms with E-state index in [9.17, 15) is 5.26 Å². The molecule has 2 heterocycles. The Morgan fingerprint density at radius 1 is 0.641 bits per heavy atom. The molecule has 0 N–H and O–H groups in total. The number of nitrogens with zero attached hydrogens (tertiary/aromatic N) is 2.